The smallest absolute Gasteiger partial charge is 0.270 e. The molecule has 1 aromatic heterocycles. The Balaban J connectivity index is 2.42. The first-order valence-corrected chi connectivity index (χ1v) is 7.94. The van der Waals surface area contributed by atoms with Crippen LogP contribution in [0, 0.1) is 10.1 Å². The molecule has 0 N–H and O–H groups in total. The Labute approximate surface area is 140 Å². The number of anilines is 1. The summed E-state index contributed by atoms with van der Waals surface area (Å²) in [5.41, 5.74) is 2.69. The summed E-state index contributed by atoms with van der Waals surface area (Å²) in [4.78, 5) is 15.5. The first-order chi connectivity index (χ1) is 11.5. The van der Waals surface area contributed by atoms with Gasteiger partial charge in [-0.25, -0.2) is 9.99 Å². The molecule has 2 aromatic carbocycles. The van der Waals surface area contributed by atoms with Crippen LogP contribution in [0.25, 0.3) is 21.8 Å². The molecule has 0 amide bonds. The number of nitro groups is 1. The molecule has 0 saturated carbocycles. The maximum atomic E-state index is 11.2. The van der Waals surface area contributed by atoms with Crippen molar-refractivity contribution in [3.63, 3.8) is 0 Å². The molecule has 0 saturated heterocycles. The third-order valence-electron chi connectivity index (χ3n) is 4.02. The van der Waals surface area contributed by atoms with E-state index >= 15 is 0 Å². The van der Waals surface area contributed by atoms with Crippen LogP contribution in [0.15, 0.2) is 42.5 Å². The van der Waals surface area contributed by atoms with Crippen molar-refractivity contribution in [2.75, 3.05) is 25.6 Å². The van der Waals surface area contributed by atoms with E-state index in [9.17, 15) is 10.1 Å². The number of benzene rings is 2. The number of hydrogen-bond acceptors (Lipinski definition) is 5. The fraction of sp³-hybridized carbons (Fsp3) is 0.278. The molecule has 24 heavy (non-hydrogen) atoms. The summed E-state index contributed by atoms with van der Waals surface area (Å²) in [5.74, 6) is 0. The second-order valence-corrected chi connectivity index (χ2v) is 5.91. The van der Waals surface area contributed by atoms with Crippen molar-refractivity contribution in [1.82, 2.24) is 9.99 Å². The number of fused-ring (bicyclic) bond motifs is 2. The predicted octanol–water partition coefficient (Wildman–Crippen LogP) is 3.99. The van der Waals surface area contributed by atoms with Gasteiger partial charge in [0, 0.05) is 43.5 Å². The van der Waals surface area contributed by atoms with E-state index in [2.05, 4.69) is 16.9 Å². The molecule has 0 atom stereocenters. The number of pyridine rings is 1. The summed E-state index contributed by atoms with van der Waals surface area (Å²) in [6, 6.07) is 12.8. The predicted molar refractivity (Wildman–Crippen MR) is 97.2 cm³/mol. The summed E-state index contributed by atoms with van der Waals surface area (Å²) in [6.07, 6.45) is 0.964. The van der Waals surface area contributed by atoms with Crippen LogP contribution in [0.1, 0.15) is 13.3 Å². The SMILES string of the molecule is CCCN(c1c2ccccc2nc2ccc([N+](=O)[O-])cc12)N(C)C. The second-order valence-electron chi connectivity index (χ2n) is 5.91. The lowest BCUT2D eigenvalue weighted by molar-refractivity contribution is -0.384. The molecule has 0 spiro atoms. The zero-order valence-electron chi connectivity index (χ0n) is 14.1. The maximum absolute atomic E-state index is 11.2. The van der Waals surface area contributed by atoms with E-state index in [1.165, 1.54) is 6.07 Å². The minimum atomic E-state index is -0.363. The Kier molecular flexibility index (Phi) is 4.31. The van der Waals surface area contributed by atoms with Crippen molar-refractivity contribution in [1.29, 1.82) is 0 Å². The summed E-state index contributed by atoms with van der Waals surface area (Å²) < 4.78 is 0. The number of hydrazine groups is 1. The molecule has 0 unspecified atom stereocenters. The largest absolute Gasteiger partial charge is 0.305 e. The van der Waals surface area contributed by atoms with Crippen LogP contribution in [-0.2, 0) is 0 Å². The molecule has 0 radical (unpaired) electrons. The first-order valence-electron chi connectivity index (χ1n) is 7.94. The van der Waals surface area contributed by atoms with Crippen molar-refractivity contribution >= 4 is 33.2 Å². The van der Waals surface area contributed by atoms with E-state index in [0.717, 1.165) is 40.5 Å². The third-order valence-corrected chi connectivity index (χ3v) is 4.02. The fourth-order valence-electron chi connectivity index (χ4n) is 2.97. The van der Waals surface area contributed by atoms with Crippen LogP contribution >= 0.6 is 0 Å². The average molecular weight is 324 g/mol. The van der Waals surface area contributed by atoms with E-state index in [4.69, 9.17) is 0 Å². The molecule has 0 aliphatic rings. The van der Waals surface area contributed by atoms with Gasteiger partial charge < -0.3 is 5.01 Å². The minimum Gasteiger partial charge on any atom is -0.305 e. The van der Waals surface area contributed by atoms with Gasteiger partial charge in [-0.1, -0.05) is 25.1 Å². The molecule has 3 aromatic rings. The molecule has 3 rings (SSSR count). The molecule has 0 aliphatic carbocycles. The Morgan fingerprint density at radius 3 is 2.46 bits per heavy atom. The Morgan fingerprint density at radius 1 is 1.08 bits per heavy atom. The maximum Gasteiger partial charge on any atom is 0.270 e. The fourth-order valence-corrected chi connectivity index (χ4v) is 2.97. The van der Waals surface area contributed by atoms with Crippen LogP contribution in [-0.4, -0.2) is 35.6 Å². The number of rotatable bonds is 5. The number of nitrogens with zero attached hydrogens (tertiary/aromatic N) is 4. The van der Waals surface area contributed by atoms with E-state index in [0.29, 0.717) is 0 Å². The highest BCUT2D eigenvalue weighted by atomic mass is 16.6. The topological polar surface area (TPSA) is 62.5 Å². The van der Waals surface area contributed by atoms with Gasteiger partial charge in [-0.3, -0.25) is 10.1 Å². The average Bonchev–Trinajstić information content (AvgIpc) is 2.57. The molecule has 6 nitrogen and oxygen atoms in total. The third kappa shape index (κ3) is 2.76. The molecule has 1 heterocycles. The molecule has 6 heteroatoms. The summed E-state index contributed by atoms with van der Waals surface area (Å²) in [5, 5.41) is 17.2. The number of nitro benzene ring substituents is 1. The first kappa shape index (κ1) is 16.1. The van der Waals surface area contributed by atoms with E-state index in [1.54, 1.807) is 12.1 Å². The van der Waals surface area contributed by atoms with Crippen molar-refractivity contribution in [3.8, 4) is 0 Å². The van der Waals surface area contributed by atoms with Gasteiger partial charge in [-0.15, -0.1) is 0 Å². The highest BCUT2D eigenvalue weighted by Gasteiger charge is 2.19. The molecule has 0 fully saturated rings. The van der Waals surface area contributed by atoms with E-state index < -0.39 is 0 Å². The van der Waals surface area contributed by atoms with Crippen LogP contribution in [0.3, 0.4) is 0 Å². The van der Waals surface area contributed by atoms with Gasteiger partial charge in [0.25, 0.3) is 5.69 Å². The van der Waals surface area contributed by atoms with Gasteiger partial charge in [0.1, 0.15) is 0 Å². The monoisotopic (exact) mass is 324 g/mol. The zero-order chi connectivity index (χ0) is 17.3. The summed E-state index contributed by atoms with van der Waals surface area (Å²) in [7, 11) is 3.96. The van der Waals surface area contributed by atoms with Crippen molar-refractivity contribution in [3.05, 3.63) is 52.6 Å². The van der Waals surface area contributed by atoms with E-state index in [1.807, 2.05) is 43.4 Å². The number of non-ortho nitro benzene ring substituents is 1. The van der Waals surface area contributed by atoms with Crippen LogP contribution in [0.2, 0.25) is 0 Å². The lowest BCUT2D eigenvalue weighted by atomic mass is 10.1. The van der Waals surface area contributed by atoms with E-state index in [-0.39, 0.29) is 10.6 Å². The molecular formula is C18H20N4O2. The zero-order valence-corrected chi connectivity index (χ0v) is 14.1. The van der Waals surface area contributed by atoms with Crippen LogP contribution < -0.4 is 5.01 Å². The molecule has 0 bridgehead atoms. The summed E-state index contributed by atoms with van der Waals surface area (Å²) in [6.45, 7) is 2.93. The second kappa shape index (κ2) is 6.41. The highest BCUT2D eigenvalue weighted by molar-refractivity contribution is 6.08. The Hall–Kier alpha value is -2.73. The molecule has 124 valence electrons. The Bertz CT molecular complexity index is 908. The van der Waals surface area contributed by atoms with Crippen molar-refractivity contribution < 1.29 is 4.92 Å². The quantitative estimate of drug-likeness (QED) is 0.403. The van der Waals surface area contributed by atoms with Crippen molar-refractivity contribution in [2.24, 2.45) is 0 Å². The lowest BCUT2D eigenvalue weighted by Crippen LogP contribution is -2.37. The van der Waals surface area contributed by atoms with Gasteiger partial charge >= 0.3 is 0 Å². The number of para-hydroxylation sites is 1. The van der Waals surface area contributed by atoms with Crippen molar-refractivity contribution in [2.45, 2.75) is 13.3 Å². The van der Waals surface area contributed by atoms with Gasteiger partial charge in [-0.05, 0) is 18.6 Å². The summed E-state index contributed by atoms with van der Waals surface area (Å²) >= 11 is 0. The van der Waals surface area contributed by atoms with Crippen LogP contribution in [0.5, 0.6) is 0 Å². The molecular weight excluding hydrogens is 304 g/mol. The highest BCUT2D eigenvalue weighted by Crippen LogP contribution is 2.36. The van der Waals surface area contributed by atoms with Gasteiger partial charge in [0.2, 0.25) is 0 Å². The lowest BCUT2D eigenvalue weighted by Gasteiger charge is -2.32. The van der Waals surface area contributed by atoms with Gasteiger partial charge in [0.05, 0.1) is 21.6 Å². The van der Waals surface area contributed by atoms with Gasteiger partial charge in [-0.2, -0.15) is 0 Å². The number of hydrogen-bond donors (Lipinski definition) is 0. The minimum absolute atomic E-state index is 0.0797. The molecule has 0 aliphatic heterocycles. The van der Waals surface area contributed by atoms with Gasteiger partial charge in [0.15, 0.2) is 0 Å². The Morgan fingerprint density at radius 2 is 1.79 bits per heavy atom. The van der Waals surface area contributed by atoms with Crippen LogP contribution in [0.4, 0.5) is 11.4 Å². The standard InChI is InChI=1S/C18H20N4O2/c1-4-11-21(20(2)3)18-14-7-5-6-8-16(14)19-17-10-9-13(22(23)24)12-15(17)18/h5-10,12H,4,11H2,1-3H3. The normalized spacial score (nSPS) is 11.3. The number of aromatic nitrogens is 1.